The molecule has 140 valence electrons. The van der Waals surface area contributed by atoms with Crippen LogP contribution in [0, 0.1) is 0 Å². The zero-order valence-corrected chi connectivity index (χ0v) is 11.5. The average Bonchev–Trinajstić information content (AvgIpc) is 2.51. The van der Waals surface area contributed by atoms with Gasteiger partial charge >= 0.3 is 29.9 Å². The van der Waals surface area contributed by atoms with Crippen molar-refractivity contribution in [2.24, 2.45) is 10.8 Å². The maximum atomic E-state index is 13.2. The van der Waals surface area contributed by atoms with Gasteiger partial charge in [-0.3, -0.25) is 9.78 Å². The molecule has 1 heterocycles. The quantitative estimate of drug-likeness (QED) is 0.350. The fourth-order valence-corrected chi connectivity index (χ4v) is 1.19. The Balaban J connectivity index is 3.07. The molecule has 0 saturated carbocycles. The lowest BCUT2D eigenvalue weighted by molar-refractivity contribution is -0.388. The van der Waals surface area contributed by atoms with Crippen molar-refractivity contribution >= 4 is 11.7 Å². The van der Waals surface area contributed by atoms with E-state index in [1.54, 1.807) is 0 Å². The normalized spacial score (nSPS) is 14.4. The molecule has 25 heavy (non-hydrogen) atoms. The number of hydrogen-bond donors (Lipinski definition) is 2. The van der Waals surface area contributed by atoms with Gasteiger partial charge < -0.3 is 5.73 Å². The van der Waals surface area contributed by atoms with Gasteiger partial charge in [0.25, 0.3) is 0 Å². The molecular formula is C10H6F9N5O. The van der Waals surface area contributed by atoms with Crippen LogP contribution in [0.25, 0.3) is 0 Å². The summed E-state index contributed by atoms with van der Waals surface area (Å²) < 4.78 is 113. The first-order valence-electron chi connectivity index (χ1n) is 5.76. The monoisotopic (exact) mass is 383 g/mol. The molecule has 6 nitrogen and oxygen atoms in total. The second kappa shape index (κ2) is 6.36. The zero-order valence-electron chi connectivity index (χ0n) is 11.5. The Morgan fingerprint density at radius 3 is 2.00 bits per heavy atom. The third-order valence-electron chi connectivity index (χ3n) is 2.53. The Bertz CT molecular complexity index is 658. The van der Waals surface area contributed by atoms with Crippen LogP contribution in [0.2, 0.25) is 0 Å². The summed E-state index contributed by atoms with van der Waals surface area (Å²) in [5, 5.41) is 2.67. The molecule has 0 aliphatic carbocycles. The largest absolute Gasteiger partial charge is 0.460 e. The summed E-state index contributed by atoms with van der Waals surface area (Å²) >= 11 is 0. The van der Waals surface area contributed by atoms with E-state index in [4.69, 9.17) is 5.73 Å². The molecule has 0 aromatic carbocycles. The highest BCUT2D eigenvalue weighted by Crippen LogP contribution is 2.53. The molecule has 1 rings (SSSR count). The lowest BCUT2D eigenvalue weighted by Crippen LogP contribution is -2.65. The van der Waals surface area contributed by atoms with Gasteiger partial charge in [0.2, 0.25) is 0 Å². The predicted octanol–water partition coefficient (Wildman–Crippen LogP) is 1.68. The van der Waals surface area contributed by atoms with E-state index in [0.717, 1.165) is 18.6 Å². The van der Waals surface area contributed by atoms with Gasteiger partial charge in [0.15, 0.2) is 5.84 Å². The molecule has 3 N–H and O–H groups in total. The van der Waals surface area contributed by atoms with Crippen LogP contribution < -0.4 is 11.2 Å². The van der Waals surface area contributed by atoms with Crippen molar-refractivity contribution in [1.82, 2.24) is 15.4 Å². The molecular weight excluding hydrogens is 377 g/mol. The molecule has 0 aliphatic rings. The molecule has 15 heteroatoms. The van der Waals surface area contributed by atoms with Crippen molar-refractivity contribution in [3.63, 3.8) is 0 Å². The van der Waals surface area contributed by atoms with Crippen LogP contribution in [-0.2, 0) is 4.79 Å². The van der Waals surface area contributed by atoms with Crippen LogP contribution in [0.3, 0.4) is 0 Å². The van der Waals surface area contributed by atoms with Gasteiger partial charge in [-0.15, -0.1) is 0 Å². The second-order valence-electron chi connectivity index (χ2n) is 4.25. The van der Waals surface area contributed by atoms with E-state index in [1.165, 1.54) is 0 Å². The zero-order chi connectivity index (χ0) is 19.7. The van der Waals surface area contributed by atoms with Gasteiger partial charge in [-0.05, 0) is 0 Å². The van der Waals surface area contributed by atoms with Gasteiger partial charge in [0.05, 0.1) is 6.20 Å². The van der Waals surface area contributed by atoms with Crippen molar-refractivity contribution in [2.45, 2.75) is 23.9 Å². The number of halogens is 9. The SMILES string of the molecule is N/C(=N\NC(=O)C(F)(F)C(F)(F)C(F)(F)C(F)(F)F)c1cnccn1. The van der Waals surface area contributed by atoms with E-state index >= 15 is 0 Å². The minimum Gasteiger partial charge on any atom is -0.380 e. The number of carbonyl (C=O) groups is 1. The summed E-state index contributed by atoms with van der Waals surface area (Å²) in [4.78, 5) is 17.9. The third kappa shape index (κ3) is 3.58. The predicted molar refractivity (Wildman–Crippen MR) is 61.8 cm³/mol. The number of alkyl halides is 9. The van der Waals surface area contributed by atoms with Crippen molar-refractivity contribution in [2.75, 3.05) is 0 Å². The molecule has 0 unspecified atom stereocenters. The maximum Gasteiger partial charge on any atom is 0.460 e. The lowest BCUT2D eigenvalue weighted by atomic mass is 10.0. The van der Waals surface area contributed by atoms with Crippen molar-refractivity contribution < 1.29 is 44.3 Å². The summed E-state index contributed by atoms with van der Waals surface area (Å²) in [7, 11) is 0. The van der Waals surface area contributed by atoms with Crippen molar-refractivity contribution in [3.8, 4) is 0 Å². The minimum atomic E-state index is -7.19. The Morgan fingerprint density at radius 2 is 1.56 bits per heavy atom. The van der Waals surface area contributed by atoms with Crippen molar-refractivity contribution in [3.05, 3.63) is 24.3 Å². The number of hydrogen-bond acceptors (Lipinski definition) is 4. The standard InChI is InChI=1S/C10H6F9N5O/c11-7(12,8(13,14)9(15,16)10(17,18)19)6(25)24-23-5(20)4-3-21-1-2-22-4/h1-3H,(H2,20,23)(H,24,25). The maximum absolute atomic E-state index is 13.2. The van der Waals surface area contributed by atoms with E-state index in [1.807, 2.05) is 0 Å². The summed E-state index contributed by atoms with van der Waals surface area (Å²) in [6.07, 6.45) is -3.97. The highest BCUT2D eigenvalue weighted by Gasteiger charge is 2.83. The van der Waals surface area contributed by atoms with E-state index in [2.05, 4.69) is 15.1 Å². The molecule has 0 fully saturated rings. The fraction of sp³-hybridized carbons (Fsp3) is 0.400. The Kier molecular flexibility index (Phi) is 5.20. The minimum absolute atomic E-state index is 0.335. The topological polar surface area (TPSA) is 93.3 Å². The van der Waals surface area contributed by atoms with Gasteiger partial charge in [0, 0.05) is 12.4 Å². The summed E-state index contributed by atoms with van der Waals surface area (Å²) in [5.41, 5.74) is 5.46. The molecule has 0 aliphatic heterocycles. The van der Waals surface area contributed by atoms with E-state index < -0.39 is 35.7 Å². The Morgan fingerprint density at radius 1 is 1.00 bits per heavy atom. The van der Waals surface area contributed by atoms with Crippen LogP contribution in [0.5, 0.6) is 0 Å². The number of nitrogens with two attached hydrogens (primary N) is 1. The number of rotatable bonds is 5. The lowest BCUT2D eigenvalue weighted by Gasteiger charge is -2.32. The summed E-state index contributed by atoms with van der Waals surface area (Å²) in [6, 6.07) is 0. The van der Waals surface area contributed by atoms with Crippen molar-refractivity contribution in [1.29, 1.82) is 0 Å². The molecule has 1 aromatic heterocycles. The second-order valence-corrected chi connectivity index (χ2v) is 4.25. The number of nitrogens with one attached hydrogen (secondary N) is 1. The first-order chi connectivity index (χ1) is 11.2. The van der Waals surface area contributed by atoms with Crippen LogP contribution in [0.1, 0.15) is 5.69 Å². The first-order valence-corrected chi connectivity index (χ1v) is 5.76. The highest BCUT2D eigenvalue weighted by atomic mass is 19.4. The van der Waals surface area contributed by atoms with Gasteiger partial charge in [0.1, 0.15) is 5.69 Å². The Labute approximate surface area is 131 Å². The smallest absolute Gasteiger partial charge is 0.380 e. The first kappa shape index (κ1) is 20.4. The molecule has 0 radical (unpaired) electrons. The van der Waals surface area contributed by atoms with E-state index in [0.29, 0.717) is 5.43 Å². The van der Waals surface area contributed by atoms with Crippen LogP contribution in [0.4, 0.5) is 39.5 Å². The molecule has 0 spiro atoms. The Hall–Kier alpha value is -2.61. The number of amides is 1. The molecule has 0 bridgehead atoms. The molecule has 1 amide bonds. The number of carbonyl (C=O) groups excluding carboxylic acids is 1. The third-order valence-corrected chi connectivity index (χ3v) is 2.53. The number of nitrogens with zero attached hydrogens (tertiary/aromatic N) is 3. The van der Waals surface area contributed by atoms with Gasteiger partial charge in [-0.25, -0.2) is 10.4 Å². The number of amidine groups is 1. The van der Waals surface area contributed by atoms with E-state index in [9.17, 15) is 44.3 Å². The average molecular weight is 383 g/mol. The number of hydrazone groups is 1. The van der Waals surface area contributed by atoms with Gasteiger partial charge in [-0.1, -0.05) is 0 Å². The van der Waals surface area contributed by atoms with E-state index in [-0.39, 0.29) is 5.69 Å². The summed E-state index contributed by atoms with van der Waals surface area (Å²) in [5.74, 6) is -24.9. The highest BCUT2D eigenvalue weighted by molar-refractivity contribution is 5.96. The van der Waals surface area contributed by atoms with Crippen LogP contribution >= 0.6 is 0 Å². The molecule has 0 saturated heterocycles. The fourth-order valence-electron chi connectivity index (χ4n) is 1.19. The molecule has 1 aromatic rings. The van der Waals surface area contributed by atoms with Crippen LogP contribution in [0.15, 0.2) is 23.7 Å². The van der Waals surface area contributed by atoms with Crippen LogP contribution in [-0.4, -0.2) is 45.7 Å². The van der Waals surface area contributed by atoms with Gasteiger partial charge in [-0.2, -0.15) is 44.6 Å². The summed E-state index contributed by atoms with van der Waals surface area (Å²) in [6.45, 7) is 0. The molecule has 0 atom stereocenters. The number of aromatic nitrogens is 2.